The number of methoxy groups -OCH3 is 1. The standard InChI is InChI=1S/C23H25NO5S2/c1-28-20-9-5-6-17(14-20)15-24(19-10-13-31(26,27)16-19)23(25)21-22(30-12-11-29-21)18-7-3-2-4-8-18/h2-9,14,19H,10-13,15-16H2,1H3/t19-/m1/s1. The second-order valence-corrected chi connectivity index (χ2v) is 10.9. The molecule has 0 radical (unpaired) electrons. The van der Waals surface area contributed by atoms with Crippen LogP contribution in [0.3, 0.4) is 0 Å². The zero-order valence-corrected chi connectivity index (χ0v) is 19.0. The van der Waals surface area contributed by atoms with E-state index in [9.17, 15) is 13.2 Å². The molecule has 2 aromatic carbocycles. The van der Waals surface area contributed by atoms with Gasteiger partial charge in [-0.15, -0.1) is 11.8 Å². The molecule has 0 unspecified atom stereocenters. The topological polar surface area (TPSA) is 72.9 Å². The maximum Gasteiger partial charge on any atom is 0.290 e. The van der Waals surface area contributed by atoms with E-state index in [4.69, 9.17) is 9.47 Å². The van der Waals surface area contributed by atoms with Crippen LogP contribution in [0, 0.1) is 0 Å². The fourth-order valence-corrected chi connectivity index (χ4v) is 6.55. The molecule has 2 aliphatic heterocycles. The monoisotopic (exact) mass is 459 g/mol. The maximum absolute atomic E-state index is 13.7. The first-order valence-electron chi connectivity index (χ1n) is 10.2. The Kier molecular flexibility index (Phi) is 6.57. The molecule has 0 N–H and O–H groups in total. The largest absolute Gasteiger partial charge is 0.497 e. The molecule has 2 aliphatic rings. The normalized spacial score (nSPS) is 20.2. The SMILES string of the molecule is COc1cccc(CN(C(=O)C2=C(c3ccccc3)SCCO2)[C@@H]2CCS(=O)(=O)C2)c1. The van der Waals surface area contributed by atoms with Crippen LogP contribution in [-0.2, 0) is 25.9 Å². The molecule has 0 aromatic heterocycles. The fraction of sp³-hybridized carbons (Fsp3) is 0.348. The highest BCUT2D eigenvalue weighted by Crippen LogP contribution is 2.36. The van der Waals surface area contributed by atoms with Crippen LogP contribution < -0.4 is 4.74 Å². The maximum atomic E-state index is 13.7. The molecule has 31 heavy (non-hydrogen) atoms. The van der Waals surface area contributed by atoms with Crippen molar-refractivity contribution < 1.29 is 22.7 Å². The van der Waals surface area contributed by atoms with Crippen molar-refractivity contribution in [2.45, 2.75) is 19.0 Å². The Morgan fingerprint density at radius 2 is 2.00 bits per heavy atom. The first-order valence-corrected chi connectivity index (χ1v) is 13.0. The third-order valence-corrected chi connectivity index (χ3v) is 8.24. The first-order chi connectivity index (χ1) is 15.0. The third kappa shape index (κ3) is 5.07. The molecule has 0 bridgehead atoms. The molecule has 0 spiro atoms. The van der Waals surface area contributed by atoms with Crippen LogP contribution in [0.2, 0.25) is 0 Å². The minimum atomic E-state index is -3.16. The lowest BCUT2D eigenvalue weighted by Crippen LogP contribution is -2.42. The molecule has 0 saturated carbocycles. The first kappa shape index (κ1) is 21.8. The Morgan fingerprint density at radius 1 is 1.19 bits per heavy atom. The second-order valence-electron chi connectivity index (χ2n) is 7.56. The van der Waals surface area contributed by atoms with Crippen LogP contribution in [0.15, 0.2) is 60.4 Å². The van der Waals surface area contributed by atoms with Crippen molar-refractivity contribution in [2.75, 3.05) is 31.0 Å². The highest BCUT2D eigenvalue weighted by Gasteiger charge is 2.37. The van der Waals surface area contributed by atoms with Gasteiger partial charge >= 0.3 is 0 Å². The summed E-state index contributed by atoms with van der Waals surface area (Å²) in [7, 11) is -1.56. The van der Waals surface area contributed by atoms with Crippen molar-refractivity contribution in [3.05, 3.63) is 71.5 Å². The summed E-state index contributed by atoms with van der Waals surface area (Å²) in [5.74, 6) is 1.56. The van der Waals surface area contributed by atoms with Crippen LogP contribution in [0.1, 0.15) is 17.5 Å². The quantitative estimate of drug-likeness (QED) is 0.660. The number of ether oxygens (including phenoxy) is 2. The molecule has 8 heteroatoms. The summed E-state index contributed by atoms with van der Waals surface area (Å²) in [6.45, 7) is 0.730. The summed E-state index contributed by atoms with van der Waals surface area (Å²) in [5, 5.41) is 0. The number of carbonyl (C=O) groups is 1. The van der Waals surface area contributed by atoms with Gasteiger partial charge in [0.2, 0.25) is 0 Å². The summed E-state index contributed by atoms with van der Waals surface area (Å²) in [5.41, 5.74) is 1.80. The number of sulfone groups is 1. The molecule has 164 valence electrons. The van der Waals surface area contributed by atoms with Crippen molar-refractivity contribution in [1.82, 2.24) is 4.90 Å². The molecule has 2 aromatic rings. The minimum Gasteiger partial charge on any atom is -0.497 e. The summed E-state index contributed by atoms with van der Waals surface area (Å²) >= 11 is 1.59. The van der Waals surface area contributed by atoms with Crippen molar-refractivity contribution in [3.8, 4) is 5.75 Å². The Morgan fingerprint density at radius 3 is 2.71 bits per heavy atom. The molecule has 1 saturated heterocycles. The molecule has 1 amide bonds. The molecule has 1 fully saturated rings. The smallest absolute Gasteiger partial charge is 0.290 e. The Hall–Kier alpha value is -2.45. The average molecular weight is 460 g/mol. The Bertz CT molecular complexity index is 1080. The van der Waals surface area contributed by atoms with Crippen LogP contribution in [0.4, 0.5) is 0 Å². The van der Waals surface area contributed by atoms with Gasteiger partial charge in [-0.2, -0.15) is 0 Å². The predicted octanol–water partition coefficient (Wildman–Crippen LogP) is 3.34. The summed E-state index contributed by atoms with van der Waals surface area (Å²) < 4.78 is 35.5. The van der Waals surface area contributed by atoms with Crippen molar-refractivity contribution >= 4 is 32.4 Å². The van der Waals surface area contributed by atoms with Crippen molar-refractivity contribution in [1.29, 1.82) is 0 Å². The number of benzene rings is 2. The number of rotatable bonds is 6. The number of hydrogen-bond acceptors (Lipinski definition) is 6. The van der Waals surface area contributed by atoms with E-state index in [1.54, 1.807) is 23.8 Å². The lowest BCUT2D eigenvalue weighted by atomic mass is 10.1. The predicted molar refractivity (Wildman–Crippen MR) is 122 cm³/mol. The molecular formula is C23H25NO5S2. The number of carbonyl (C=O) groups excluding carboxylic acids is 1. The van der Waals surface area contributed by atoms with Gasteiger partial charge in [0.1, 0.15) is 5.75 Å². The van der Waals surface area contributed by atoms with Gasteiger partial charge < -0.3 is 14.4 Å². The number of thioether (sulfide) groups is 1. The van der Waals surface area contributed by atoms with Gasteiger partial charge in [0.25, 0.3) is 5.91 Å². The van der Waals surface area contributed by atoms with E-state index in [-0.39, 0.29) is 30.0 Å². The zero-order chi connectivity index (χ0) is 21.8. The molecule has 6 nitrogen and oxygen atoms in total. The second kappa shape index (κ2) is 9.36. The number of amides is 1. The molecule has 4 rings (SSSR count). The summed E-state index contributed by atoms with van der Waals surface area (Å²) in [4.78, 5) is 16.2. The minimum absolute atomic E-state index is 0.0240. The van der Waals surface area contributed by atoms with Crippen molar-refractivity contribution in [3.63, 3.8) is 0 Å². The lowest BCUT2D eigenvalue weighted by molar-refractivity contribution is -0.133. The molecule has 2 heterocycles. The van der Waals surface area contributed by atoms with E-state index in [2.05, 4.69) is 0 Å². The van der Waals surface area contributed by atoms with Crippen LogP contribution in [-0.4, -0.2) is 56.2 Å². The van der Waals surface area contributed by atoms with Gasteiger partial charge in [-0.05, 0) is 29.7 Å². The molecule has 0 aliphatic carbocycles. The fourth-order valence-electron chi connectivity index (χ4n) is 3.87. The highest BCUT2D eigenvalue weighted by atomic mass is 32.2. The van der Waals surface area contributed by atoms with Crippen molar-refractivity contribution in [2.24, 2.45) is 0 Å². The molecular weight excluding hydrogens is 434 g/mol. The lowest BCUT2D eigenvalue weighted by Gasteiger charge is -2.31. The zero-order valence-electron chi connectivity index (χ0n) is 17.3. The third-order valence-electron chi connectivity index (χ3n) is 5.41. The summed E-state index contributed by atoms with van der Waals surface area (Å²) in [6, 6.07) is 16.8. The van der Waals surface area contributed by atoms with E-state index in [0.29, 0.717) is 24.5 Å². The van der Waals surface area contributed by atoms with E-state index in [0.717, 1.165) is 21.8 Å². The number of nitrogens with zero attached hydrogens (tertiary/aromatic N) is 1. The molecule has 1 atom stereocenters. The van der Waals surface area contributed by atoms with Crippen LogP contribution >= 0.6 is 11.8 Å². The van der Waals surface area contributed by atoms with E-state index < -0.39 is 9.84 Å². The average Bonchev–Trinajstić information content (AvgIpc) is 3.17. The van der Waals surface area contributed by atoms with Gasteiger partial charge in [-0.3, -0.25) is 4.79 Å². The van der Waals surface area contributed by atoms with E-state index >= 15 is 0 Å². The van der Waals surface area contributed by atoms with Gasteiger partial charge in [-0.1, -0.05) is 42.5 Å². The number of hydrogen-bond donors (Lipinski definition) is 0. The van der Waals surface area contributed by atoms with Gasteiger partial charge in [0.15, 0.2) is 15.6 Å². The van der Waals surface area contributed by atoms with E-state index in [1.807, 2.05) is 54.6 Å². The van der Waals surface area contributed by atoms with Crippen LogP contribution in [0.25, 0.3) is 4.91 Å². The summed E-state index contributed by atoms with van der Waals surface area (Å²) in [6.07, 6.45) is 0.430. The van der Waals surface area contributed by atoms with Gasteiger partial charge in [-0.25, -0.2) is 8.42 Å². The van der Waals surface area contributed by atoms with E-state index in [1.165, 1.54) is 0 Å². The Balaban J connectivity index is 1.71. The van der Waals surface area contributed by atoms with Gasteiger partial charge in [0.05, 0.1) is 30.1 Å². The highest BCUT2D eigenvalue weighted by molar-refractivity contribution is 8.08. The Labute approximate surface area is 187 Å². The van der Waals surface area contributed by atoms with Crippen LogP contribution in [0.5, 0.6) is 5.75 Å². The van der Waals surface area contributed by atoms with Gasteiger partial charge in [0, 0.05) is 18.3 Å².